The number of para-hydroxylation sites is 1. The van der Waals surface area contributed by atoms with Crippen LogP contribution in [0.25, 0.3) is 5.65 Å². The van der Waals surface area contributed by atoms with E-state index in [1.807, 2.05) is 6.92 Å². The Balaban J connectivity index is 1.49. The first-order chi connectivity index (χ1) is 15.9. The van der Waals surface area contributed by atoms with E-state index in [1.54, 1.807) is 49.4 Å². The Hall–Kier alpha value is -4.40. The molecule has 168 valence electrons. The van der Waals surface area contributed by atoms with E-state index in [-0.39, 0.29) is 18.1 Å². The standard InChI is InChI=1S/C24H21N3O6/c1-14-8-9-16(11-19(14)26-23(29)18-6-4-5-7-20(18)31-3)24(30)32-13-17-12-22(28)27-21(25-17)10-15(2)33-27/h4-12H,13H2,1-3H3,(H,26,29). The molecule has 1 amide bonds. The van der Waals surface area contributed by atoms with E-state index in [1.165, 1.54) is 19.2 Å². The minimum Gasteiger partial charge on any atom is -0.496 e. The lowest BCUT2D eigenvalue weighted by Gasteiger charge is -2.12. The van der Waals surface area contributed by atoms with Gasteiger partial charge in [-0.05, 0) is 43.7 Å². The van der Waals surface area contributed by atoms with Gasteiger partial charge in [-0.1, -0.05) is 18.2 Å². The van der Waals surface area contributed by atoms with Crippen LogP contribution in [0.15, 0.2) is 63.9 Å². The highest BCUT2D eigenvalue weighted by Crippen LogP contribution is 2.22. The monoisotopic (exact) mass is 447 g/mol. The lowest BCUT2D eigenvalue weighted by atomic mass is 10.1. The molecule has 33 heavy (non-hydrogen) atoms. The summed E-state index contributed by atoms with van der Waals surface area (Å²) in [5.74, 6) is -0.00452. The summed E-state index contributed by atoms with van der Waals surface area (Å²) < 4.78 is 16.9. The number of hydrogen-bond acceptors (Lipinski definition) is 7. The summed E-state index contributed by atoms with van der Waals surface area (Å²) in [5, 5.41) is 2.81. The van der Waals surface area contributed by atoms with Gasteiger partial charge in [0, 0.05) is 17.8 Å². The van der Waals surface area contributed by atoms with Crippen LogP contribution >= 0.6 is 0 Å². The van der Waals surface area contributed by atoms with Crippen molar-refractivity contribution >= 4 is 23.2 Å². The Morgan fingerprint density at radius 2 is 1.88 bits per heavy atom. The van der Waals surface area contributed by atoms with Gasteiger partial charge >= 0.3 is 5.97 Å². The molecule has 2 aromatic carbocycles. The number of carbonyl (C=O) groups is 2. The maximum Gasteiger partial charge on any atom is 0.338 e. The molecule has 0 aliphatic rings. The van der Waals surface area contributed by atoms with E-state index in [4.69, 9.17) is 14.0 Å². The summed E-state index contributed by atoms with van der Waals surface area (Å²) in [6.07, 6.45) is 0. The first-order valence-electron chi connectivity index (χ1n) is 10.1. The van der Waals surface area contributed by atoms with Crippen LogP contribution in [0.4, 0.5) is 5.69 Å². The van der Waals surface area contributed by atoms with Crippen LogP contribution in [0.2, 0.25) is 0 Å². The Labute approximate surface area is 188 Å². The second-order valence-electron chi connectivity index (χ2n) is 7.34. The molecule has 0 radical (unpaired) electrons. The van der Waals surface area contributed by atoms with Gasteiger partial charge < -0.3 is 19.3 Å². The molecule has 2 aromatic heterocycles. The Morgan fingerprint density at radius 3 is 2.67 bits per heavy atom. The summed E-state index contributed by atoms with van der Waals surface area (Å²) in [7, 11) is 1.49. The van der Waals surface area contributed by atoms with Gasteiger partial charge in [0.25, 0.3) is 11.5 Å². The number of ether oxygens (including phenoxy) is 2. The number of benzene rings is 2. The largest absolute Gasteiger partial charge is 0.496 e. The number of hydrogen-bond donors (Lipinski definition) is 1. The second kappa shape index (κ2) is 8.99. The summed E-state index contributed by atoms with van der Waals surface area (Å²) in [6, 6.07) is 14.6. The van der Waals surface area contributed by atoms with Crippen molar-refractivity contribution in [3.63, 3.8) is 0 Å². The highest BCUT2D eigenvalue weighted by Gasteiger charge is 2.16. The SMILES string of the molecule is COc1ccccc1C(=O)Nc1cc(C(=O)OCc2cc(=O)n3oc(C)cc3n2)ccc1C. The molecule has 1 N–H and O–H groups in total. The third-order valence-electron chi connectivity index (χ3n) is 4.95. The molecule has 0 fully saturated rings. The number of aryl methyl sites for hydroxylation is 2. The third kappa shape index (κ3) is 4.62. The van der Waals surface area contributed by atoms with Gasteiger partial charge in [-0.25, -0.2) is 9.78 Å². The van der Waals surface area contributed by atoms with E-state index in [9.17, 15) is 14.4 Å². The fourth-order valence-corrected chi connectivity index (χ4v) is 3.28. The fraction of sp³-hybridized carbons (Fsp3) is 0.167. The molecule has 0 bridgehead atoms. The zero-order valence-corrected chi connectivity index (χ0v) is 18.2. The minimum atomic E-state index is -0.617. The first kappa shape index (κ1) is 21.8. The Morgan fingerprint density at radius 1 is 1.09 bits per heavy atom. The van der Waals surface area contributed by atoms with Gasteiger partial charge in [-0.2, -0.15) is 0 Å². The molecular formula is C24H21N3O6. The van der Waals surface area contributed by atoms with Crippen LogP contribution in [-0.2, 0) is 11.3 Å². The smallest absolute Gasteiger partial charge is 0.338 e. The number of esters is 1. The van der Waals surface area contributed by atoms with Crippen LogP contribution < -0.4 is 15.6 Å². The number of amides is 1. The molecule has 0 saturated carbocycles. The zero-order chi connectivity index (χ0) is 23.5. The van der Waals surface area contributed by atoms with E-state index in [0.29, 0.717) is 34.1 Å². The highest BCUT2D eigenvalue weighted by atomic mass is 16.5. The average Bonchev–Trinajstić information content (AvgIpc) is 3.19. The molecule has 0 aliphatic heterocycles. The van der Waals surface area contributed by atoms with Gasteiger partial charge in [0.1, 0.15) is 18.1 Å². The van der Waals surface area contributed by atoms with Crippen LogP contribution in [0, 0.1) is 13.8 Å². The van der Waals surface area contributed by atoms with Crippen LogP contribution in [0.3, 0.4) is 0 Å². The molecule has 9 nitrogen and oxygen atoms in total. The lowest BCUT2D eigenvalue weighted by Crippen LogP contribution is -2.16. The van der Waals surface area contributed by atoms with Gasteiger partial charge in [0.2, 0.25) is 0 Å². The van der Waals surface area contributed by atoms with Crippen molar-refractivity contribution in [3.8, 4) is 5.75 Å². The van der Waals surface area contributed by atoms with E-state index in [0.717, 1.165) is 10.1 Å². The average molecular weight is 447 g/mol. The molecule has 0 unspecified atom stereocenters. The molecule has 0 spiro atoms. The van der Waals surface area contributed by atoms with Gasteiger partial charge in [0.15, 0.2) is 5.65 Å². The maximum atomic E-state index is 12.7. The Bertz CT molecular complexity index is 1420. The number of aromatic nitrogens is 2. The molecule has 2 heterocycles. The summed E-state index contributed by atoms with van der Waals surface area (Å²) in [6.45, 7) is 3.33. The topological polar surface area (TPSA) is 112 Å². The normalized spacial score (nSPS) is 10.8. The molecule has 9 heteroatoms. The van der Waals surface area contributed by atoms with Crippen LogP contribution in [-0.4, -0.2) is 28.5 Å². The molecule has 4 rings (SSSR count). The molecule has 0 atom stereocenters. The predicted octanol–water partition coefficient (Wildman–Crippen LogP) is 3.52. The summed E-state index contributed by atoms with van der Waals surface area (Å²) in [4.78, 5) is 41.7. The number of fused-ring (bicyclic) bond motifs is 1. The predicted molar refractivity (Wildman–Crippen MR) is 120 cm³/mol. The van der Waals surface area contributed by atoms with Gasteiger partial charge in [0.05, 0.1) is 23.9 Å². The Kier molecular flexibility index (Phi) is 5.95. The van der Waals surface area contributed by atoms with Crippen molar-refractivity contribution in [2.24, 2.45) is 0 Å². The van der Waals surface area contributed by atoms with Crippen molar-refractivity contribution in [2.75, 3.05) is 12.4 Å². The van der Waals surface area contributed by atoms with Crippen molar-refractivity contribution in [3.05, 3.63) is 93.1 Å². The van der Waals surface area contributed by atoms with Gasteiger partial charge in [-0.3, -0.25) is 9.59 Å². The van der Waals surface area contributed by atoms with Gasteiger partial charge in [-0.15, -0.1) is 4.57 Å². The van der Waals surface area contributed by atoms with Crippen molar-refractivity contribution in [2.45, 2.75) is 20.5 Å². The number of methoxy groups -OCH3 is 1. The highest BCUT2D eigenvalue weighted by molar-refractivity contribution is 6.07. The maximum absolute atomic E-state index is 12.7. The molecule has 0 aliphatic carbocycles. The quantitative estimate of drug-likeness (QED) is 0.450. The first-order valence-corrected chi connectivity index (χ1v) is 10.1. The molecule has 4 aromatic rings. The molecular weight excluding hydrogens is 426 g/mol. The second-order valence-corrected chi connectivity index (χ2v) is 7.34. The zero-order valence-electron chi connectivity index (χ0n) is 18.2. The van der Waals surface area contributed by atoms with E-state index in [2.05, 4.69) is 10.3 Å². The third-order valence-corrected chi connectivity index (χ3v) is 4.95. The minimum absolute atomic E-state index is 0.189. The van der Waals surface area contributed by atoms with Crippen molar-refractivity contribution in [1.82, 2.24) is 9.56 Å². The molecule has 0 saturated heterocycles. The summed E-state index contributed by atoms with van der Waals surface area (Å²) in [5.41, 5.74) is 2.07. The number of nitrogens with one attached hydrogen (secondary N) is 1. The lowest BCUT2D eigenvalue weighted by molar-refractivity contribution is 0.0467. The fourth-order valence-electron chi connectivity index (χ4n) is 3.28. The van der Waals surface area contributed by atoms with Crippen LogP contribution in [0.1, 0.15) is 37.7 Å². The van der Waals surface area contributed by atoms with Crippen molar-refractivity contribution in [1.29, 1.82) is 0 Å². The number of nitrogens with zero attached hydrogens (tertiary/aromatic N) is 2. The number of rotatable bonds is 6. The van der Waals surface area contributed by atoms with Crippen LogP contribution in [0.5, 0.6) is 5.75 Å². The number of carbonyl (C=O) groups excluding carboxylic acids is 2. The van der Waals surface area contributed by atoms with E-state index >= 15 is 0 Å². The van der Waals surface area contributed by atoms with E-state index < -0.39 is 11.5 Å². The number of anilines is 1. The van der Waals surface area contributed by atoms with Crippen molar-refractivity contribution < 1.29 is 23.6 Å². The summed E-state index contributed by atoms with van der Waals surface area (Å²) >= 11 is 0.